The number of aliphatic hydroxyl groups excluding tert-OH is 2. The van der Waals surface area contributed by atoms with Gasteiger partial charge in [0.2, 0.25) is 17.3 Å². The van der Waals surface area contributed by atoms with Crippen LogP contribution in [0.25, 0.3) is 0 Å². The van der Waals surface area contributed by atoms with Crippen molar-refractivity contribution in [2.75, 3.05) is 0 Å². The van der Waals surface area contributed by atoms with Crippen molar-refractivity contribution in [3.05, 3.63) is 92.1 Å². The molecule has 338 valence electrons. The van der Waals surface area contributed by atoms with Crippen LogP contribution < -0.4 is 0 Å². The average Bonchev–Trinajstić information content (AvgIpc) is 3.15. The number of unbranched alkanes of at least 4 members (excludes halogenated alkanes) is 4. The van der Waals surface area contributed by atoms with Gasteiger partial charge in [-0.25, -0.2) is 0 Å². The summed E-state index contributed by atoms with van der Waals surface area (Å²) in [6.45, 7) is 31.9. The Morgan fingerprint density at radius 2 is 0.983 bits per heavy atom. The SMILES string of the molecule is CCC(C)(C)C.CCCCCC1=C(CCC(C)(C)C)C(O)=C(C/C=C(\C)CCC=C(C)C)C(=O)C1=O.CCCCCC1=CC(=O)C(C/C=C(\C)CCC=C(C)C)=C(O)C1=O. The second kappa shape index (κ2) is 28.7. The molecule has 0 aromatic heterocycles. The molecule has 0 atom stereocenters. The summed E-state index contributed by atoms with van der Waals surface area (Å²) >= 11 is 0. The van der Waals surface area contributed by atoms with Crippen LogP contribution in [0.1, 0.15) is 213 Å². The molecule has 2 aliphatic carbocycles. The lowest BCUT2D eigenvalue weighted by Gasteiger charge is -2.24. The van der Waals surface area contributed by atoms with Crippen molar-refractivity contribution in [3.8, 4) is 0 Å². The second-order valence-electron chi connectivity index (χ2n) is 19.7. The van der Waals surface area contributed by atoms with Crippen LogP contribution in [0.2, 0.25) is 0 Å². The fraction of sp³-hybridized carbons (Fsp3) is 0.630. The number of carbonyl (C=O) groups is 4. The molecule has 0 fully saturated rings. The maximum atomic E-state index is 12.9. The Labute approximate surface area is 367 Å². The summed E-state index contributed by atoms with van der Waals surface area (Å²) in [5, 5.41) is 21.1. The van der Waals surface area contributed by atoms with E-state index in [2.05, 4.69) is 102 Å². The molecule has 0 heterocycles. The van der Waals surface area contributed by atoms with Gasteiger partial charge in [-0.1, -0.05) is 141 Å². The van der Waals surface area contributed by atoms with Crippen molar-refractivity contribution in [1.82, 2.24) is 0 Å². The van der Waals surface area contributed by atoms with Gasteiger partial charge in [0.25, 0.3) is 0 Å². The van der Waals surface area contributed by atoms with Crippen molar-refractivity contribution < 1.29 is 29.4 Å². The highest BCUT2D eigenvalue weighted by Crippen LogP contribution is 2.35. The van der Waals surface area contributed by atoms with Gasteiger partial charge in [-0.3, -0.25) is 19.2 Å². The van der Waals surface area contributed by atoms with Crippen LogP contribution in [-0.2, 0) is 19.2 Å². The number of Topliss-reactive ketones (excluding diaryl/α,β-unsaturated/α-hetero) is 3. The molecule has 2 rings (SSSR count). The van der Waals surface area contributed by atoms with E-state index in [1.807, 2.05) is 26.0 Å². The Balaban J connectivity index is 0.00000104. The lowest BCUT2D eigenvalue weighted by Crippen LogP contribution is -2.27. The average molecular weight is 831 g/mol. The third-order valence-electron chi connectivity index (χ3n) is 10.8. The molecule has 0 unspecified atom stereocenters. The van der Waals surface area contributed by atoms with E-state index in [1.54, 1.807) is 0 Å². The van der Waals surface area contributed by atoms with Crippen molar-refractivity contribution in [3.63, 3.8) is 0 Å². The maximum absolute atomic E-state index is 12.9. The molecule has 6 heteroatoms. The van der Waals surface area contributed by atoms with Crippen LogP contribution in [0.3, 0.4) is 0 Å². The normalized spacial score (nSPS) is 15.4. The van der Waals surface area contributed by atoms with Gasteiger partial charge in [0.15, 0.2) is 11.5 Å². The third kappa shape index (κ3) is 23.3. The van der Waals surface area contributed by atoms with Crippen LogP contribution in [0.15, 0.2) is 92.1 Å². The van der Waals surface area contributed by atoms with E-state index in [0.29, 0.717) is 54.2 Å². The van der Waals surface area contributed by atoms with E-state index in [-0.39, 0.29) is 39.6 Å². The van der Waals surface area contributed by atoms with Gasteiger partial charge in [0.05, 0.1) is 0 Å². The zero-order valence-corrected chi connectivity index (χ0v) is 40.9. The zero-order valence-electron chi connectivity index (χ0n) is 40.9. The Bertz CT molecular complexity index is 1690. The van der Waals surface area contributed by atoms with Gasteiger partial charge in [-0.15, -0.1) is 0 Å². The predicted octanol–water partition coefficient (Wildman–Crippen LogP) is 15.7. The maximum Gasteiger partial charge on any atom is 0.233 e. The first-order valence-electron chi connectivity index (χ1n) is 22.9. The summed E-state index contributed by atoms with van der Waals surface area (Å²) in [5.41, 5.74) is 7.72. The minimum Gasteiger partial charge on any atom is -0.507 e. The first-order chi connectivity index (χ1) is 27.9. The molecule has 60 heavy (non-hydrogen) atoms. The van der Waals surface area contributed by atoms with Gasteiger partial charge in [0, 0.05) is 27.9 Å². The Hall–Kier alpha value is -3.80. The van der Waals surface area contributed by atoms with Gasteiger partial charge >= 0.3 is 0 Å². The minimum atomic E-state index is -0.521. The topological polar surface area (TPSA) is 109 Å². The van der Waals surface area contributed by atoms with Crippen LogP contribution in [-0.4, -0.2) is 33.3 Å². The van der Waals surface area contributed by atoms with Crippen LogP contribution in [0.5, 0.6) is 0 Å². The molecular formula is C54H86O6. The molecule has 0 aromatic carbocycles. The highest BCUT2D eigenvalue weighted by Gasteiger charge is 2.34. The largest absolute Gasteiger partial charge is 0.507 e. The number of aliphatic hydroxyl groups is 2. The van der Waals surface area contributed by atoms with Crippen molar-refractivity contribution in [1.29, 1.82) is 0 Å². The molecule has 2 N–H and O–H groups in total. The molecule has 0 aromatic rings. The van der Waals surface area contributed by atoms with Crippen molar-refractivity contribution >= 4 is 23.1 Å². The zero-order chi connectivity index (χ0) is 46.2. The fourth-order valence-electron chi connectivity index (χ4n) is 6.22. The van der Waals surface area contributed by atoms with E-state index >= 15 is 0 Å². The molecule has 0 bridgehead atoms. The highest BCUT2D eigenvalue weighted by atomic mass is 16.3. The second-order valence-corrected chi connectivity index (χ2v) is 19.7. The molecule has 0 saturated heterocycles. The molecule has 0 radical (unpaired) electrons. The van der Waals surface area contributed by atoms with Crippen LogP contribution in [0.4, 0.5) is 0 Å². The standard InChI is InChI=1S/C27H42O3.C21H30O3.C6H14/c1-8-9-10-14-21-22(17-18-27(5,6)7)24(28)23(26(30)25(21)29)16-15-20(4)13-11-12-19(2)3;1-5-6-7-11-17-14-19(22)18(21(24)20(17)23)13-12-16(4)10-8-9-15(2)3;1-5-6(2,3)4/h12,15,28H,8-11,13-14,16-18H2,1-7H3;9,12,14,24H,5-8,10-11,13H2,1-4H3;5H2,1-4H3/b20-15+;16-12+;. The molecular weight excluding hydrogens is 745 g/mol. The summed E-state index contributed by atoms with van der Waals surface area (Å²) in [7, 11) is 0. The summed E-state index contributed by atoms with van der Waals surface area (Å²) < 4.78 is 0. The number of ketones is 4. The fourth-order valence-corrected chi connectivity index (χ4v) is 6.22. The third-order valence-corrected chi connectivity index (χ3v) is 10.8. The lowest BCUT2D eigenvalue weighted by atomic mass is 9.80. The number of hydrogen-bond acceptors (Lipinski definition) is 6. The molecule has 2 aliphatic rings. The minimum absolute atomic E-state index is 0.0590. The molecule has 0 saturated carbocycles. The van der Waals surface area contributed by atoms with Gasteiger partial charge < -0.3 is 10.2 Å². The smallest absolute Gasteiger partial charge is 0.233 e. The summed E-state index contributed by atoms with van der Waals surface area (Å²) in [6, 6.07) is 0. The first kappa shape index (κ1) is 56.2. The van der Waals surface area contributed by atoms with Gasteiger partial charge in [-0.2, -0.15) is 0 Å². The Morgan fingerprint density at radius 1 is 0.533 bits per heavy atom. The van der Waals surface area contributed by atoms with E-state index in [0.717, 1.165) is 76.2 Å². The molecule has 6 nitrogen and oxygen atoms in total. The van der Waals surface area contributed by atoms with E-state index in [1.165, 1.54) is 29.2 Å². The van der Waals surface area contributed by atoms with E-state index in [4.69, 9.17) is 0 Å². The summed E-state index contributed by atoms with van der Waals surface area (Å²) in [4.78, 5) is 50.2. The number of rotatable bonds is 20. The van der Waals surface area contributed by atoms with Crippen LogP contribution in [0, 0.1) is 10.8 Å². The molecule has 0 amide bonds. The number of allylic oxidation sites excluding steroid dienone is 14. The van der Waals surface area contributed by atoms with Crippen LogP contribution >= 0.6 is 0 Å². The number of hydrogen-bond donors (Lipinski definition) is 2. The quantitative estimate of drug-likeness (QED) is 0.0416. The van der Waals surface area contributed by atoms with Gasteiger partial charge in [0.1, 0.15) is 5.76 Å². The first-order valence-corrected chi connectivity index (χ1v) is 22.9. The summed E-state index contributed by atoms with van der Waals surface area (Å²) in [5.74, 6) is -1.83. The molecule has 0 aliphatic heterocycles. The van der Waals surface area contributed by atoms with E-state index < -0.39 is 11.6 Å². The predicted molar refractivity (Wildman–Crippen MR) is 255 cm³/mol. The van der Waals surface area contributed by atoms with Crippen molar-refractivity contribution in [2.24, 2.45) is 10.8 Å². The number of carbonyl (C=O) groups excluding carboxylic acids is 4. The van der Waals surface area contributed by atoms with E-state index in [9.17, 15) is 29.4 Å². The molecule has 0 spiro atoms. The van der Waals surface area contributed by atoms with Gasteiger partial charge in [-0.05, 0) is 135 Å². The lowest BCUT2D eigenvalue weighted by molar-refractivity contribution is -0.132. The Morgan fingerprint density at radius 3 is 1.42 bits per heavy atom. The van der Waals surface area contributed by atoms with Crippen molar-refractivity contribution in [2.45, 2.75) is 213 Å². The monoisotopic (exact) mass is 831 g/mol. The Kier molecular flexibility index (Phi) is 26.9. The summed E-state index contributed by atoms with van der Waals surface area (Å²) in [6.07, 6.45) is 23.9. The highest BCUT2D eigenvalue weighted by molar-refractivity contribution is 6.50.